The molecule has 3 saturated carbocycles. The molecule has 2 heterocycles. The summed E-state index contributed by atoms with van der Waals surface area (Å²) in [6.07, 6.45) is 10.6. The number of hydrogen-bond acceptors (Lipinski definition) is 6. The fraction of sp³-hybridized carbons (Fsp3) is 0.429. The Bertz CT molecular complexity index is 1350. The van der Waals surface area contributed by atoms with E-state index in [0.29, 0.717) is 22.5 Å². The molecule has 0 radical (unpaired) electrons. The summed E-state index contributed by atoms with van der Waals surface area (Å²) in [6, 6.07) is 6.38. The molecule has 3 fully saturated rings. The van der Waals surface area contributed by atoms with Crippen molar-refractivity contribution in [3.05, 3.63) is 47.8 Å². The Morgan fingerprint density at radius 2 is 1.93 bits per heavy atom. The van der Waals surface area contributed by atoms with Crippen LogP contribution in [0.5, 0.6) is 5.75 Å². The van der Waals surface area contributed by atoms with Crippen LogP contribution in [-0.2, 0) is 0 Å². The predicted molar refractivity (Wildman–Crippen MR) is 153 cm³/mol. The first-order valence-corrected chi connectivity index (χ1v) is 14.6. The summed E-state index contributed by atoms with van der Waals surface area (Å²) < 4.78 is 46.0. The fourth-order valence-electron chi connectivity index (χ4n) is 4.84. The fourth-order valence-corrected chi connectivity index (χ4v) is 6.31. The van der Waals surface area contributed by atoms with Gasteiger partial charge in [0.2, 0.25) is 0 Å². The molecular formula is C28H35F3N6O2Se. The van der Waals surface area contributed by atoms with Crippen LogP contribution in [0.3, 0.4) is 0 Å². The number of aromatic nitrogens is 2. The number of nitrogens with zero attached hydrogens (tertiary/aromatic N) is 2. The van der Waals surface area contributed by atoms with Gasteiger partial charge in [0.05, 0.1) is 0 Å². The van der Waals surface area contributed by atoms with Crippen LogP contribution in [-0.4, -0.2) is 63.1 Å². The van der Waals surface area contributed by atoms with E-state index in [1.165, 1.54) is 62.3 Å². The van der Waals surface area contributed by atoms with Crippen molar-refractivity contribution in [3.8, 4) is 17.6 Å². The quantitative estimate of drug-likeness (QED) is 0.256. The van der Waals surface area contributed by atoms with Gasteiger partial charge in [0.1, 0.15) is 0 Å². The molecule has 6 N–H and O–H groups in total. The van der Waals surface area contributed by atoms with Gasteiger partial charge in [-0.2, -0.15) is 0 Å². The zero-order valence-corrected chi connectivity index (χ0v) is 24.5. The number of carbonyl (C=O) groups excluding carboxylic acids is 1. The first-order valence-electron chi connectivity index (χ1n) is 12.9. The van der Waals surface area contributed by atoms with E-state index < -0.39 is 20.0 Å². The van der Waals surface area contributed by atoms with Crippen molar-refractivity contribution in [1.29, 1.82) is 0 Å². The number of fused-ring (bicyclic) bond motifs is 3. The maximum atomic E-state index is 13.1. The van der Waals surface area contributed by atoms with Crippen LogP contribution in [0.4, 0.5) is 24.7 Å². The molecule has 3 aliphatic rings. The van der Waals surface area contributed by atoms with Gasteiger partial charge in [-0.1, -0.05) is 19.3 Å². The van der Waals surface area contributed by atoms with Crippen molar-refractivity contribution in [2.75, 3.05) is 38.8 Å². The van der Waals surface area contributed by atoms with E-state index in [-0.39, 0.29) is 28.4 Å². The van der Waals surface area contributed by atoms with E-state index in [1.807, 2.05) is 0 Å². The van der Waals surface area contributed by atoms with Gasteiger partial charge in [0.15, 0.2) is 0 Å². The van der Waals surface area contributed by atoms with Gasteiger partial charge in [0, 0.05) is 7.05 Å². The molecule has 40 heavy (non-hydrogen) atoms. The van der Waals surface area contributed by atoms with E-state index in [9.17, 15) is 18.0 Å². The van der Waals surface area contributed by atoms with Crippen LogP contribution in [0, 0.1) is 23.7 Å². The Labute approximate surface area is 238 Å². The number of anilines is 2. The summed E-state index contributed by atoms with van der Waals surface area (Å²) in [4.78, 5) is 15.7. The number of nitrogens with two attached hydrogens (primary N) is 2. The summed E-state index contributed by atoms with van der Waals surface area (Å²) in [7, 11) is 4.50. The Balaban J connectivity index is 0.000000413. The third kappa shape index (κ3) is 8.07. The molecule has 12 heteroatoms. The second-order valence-electron chi connectivity index (χ2n) is 9.26. The Hall–Kier alpha value is -3.39. The van der Waals surface area contributed by atoms with Gasteiger partial charge in [-0.15, -0.1) is 0 Å². The average molecular weight is 624 g/mol. The van der Waals surface area contributed by atoms with Crippen molar-refractivity contribution >= 4 is 42.5 Å². The molecule has 216 valence electrons. The van der Waals surface area contributed by atoms with E-state index in [2.05, 4.69) is 33.2 Å². The number of amides is 1. The molecule has 0 atom stereocenters. The SMILES string of the molecule is C1CC2CC(C1)C2.CN.CNC(=O)c1ccc(NCC#Cc2cc3c(N)nccn3c2[Se]C(F)(F)F)c(OC)c1. The van der Waals surface area contributed by atoms with Crippen molar-refractivity contribution in [1.82, 2.24) is 14.7 Å². The molecule has 2 aromatic heterocycles. The van der Waals surface area contributed by atoms with Crippen LogP contribution in [0.2, 0.25) is 0 Å². The summed E-state index contributed by atoms with van der Waals surface area (Å²) in [5, 5.41) is 1.23. The molecule has 3 aromatic rings. The van der Waals surface area contributed by atoms with Crippen LogP contribution in [0.15, 0.2) is 36.7 Å². The van der Waals surface area contributed by atoms with Crippen LogP contribution in [0.1, 0.15) is 48.0 Å². The van der Waals surface area contributed by atoms with Crippen molar-refractivity contribution in [2.45, 2.75) is 37.2 Å². The Morgan fingerprint density at radius 1 is 1.23 bits per heavy atom. The summed E-state index contributed by atoms with van der Waals surface area (Å²) in [5.41, 5.74) is 12.0. The molecule has 6 rings (SSSR count). The number of ether oxygens (including phenoxy) is 1. The normalized spacial score (nSPS) is 17.1. The zero-order chi connectivity index (χ0) is 29.3. The first kappa shape index (κ1) is 31.1. The average Bonchev–Trinajstić information content (AvgIpc) is 3.29. The summed E-state index contributed by atoms with van der Waals surface area (Å²) >= 11 is -1.80. The molecular weight excluding hydrogens is 588 g/mol. The van der Waals surface area contributed by atoms with Gasteiger partial charge in [-0.05, 0) is 31.7 Å². The van der Waals surface area contributed by atoms with E-state index >= 15 is 0 Å². The van der Waals surface area contributed by atoms with Crippen molar-refractivity contribution in [3.63, 3.8) is 0 Å². The van der Waals surface area contributed by atoms with Gasteiger partial charge >= 0.3 is 175 Å². The topological polar surface area (TPSA) is 120 Å². The van der Waals surface area contributed by atoms with Crippen molar-refractivity contribution in [2.24, 2.45) is 17.6 Å². The number of carbonyl (C=O) groups is 1. The van der Waals surface area contributed by atoms with Gasteiger partial charge in [-0.3, -0.25) is 0 Å². The zero-order valence-electron chi connectivity index (χ0n) is 22.8. The van der Waals surface area contributed by atoms with Crippen LogP contribution in [0.25, 0.3) is 5.52 Å². The molecule has 0 aliphatic heterocycles. The molecule has 0 unspecified atom stereocenters. The van der Waals surface area contributed by atoms with Gasteiger partial charge < -0.3 is 5.73 Å². The van der Waals surface area contributed by atoms with E-state index in [0.717, 1.165) is 0 Å². The second-order valence-corrected chi connectivity index (χ2v) is 11.5. The van der Waals surface area contributed by atoms with Gasteiger partial charge in [0.25, 0.3) is 0 Å². The van der Waals surface area contributed by atoms with E-state index in [4.69, 9.17) is 10.5 Å². The predicted octanol–water partition coefficient (Wildman–Crippen LogP) is 3.37. The number of alkyl halides is 3. The summed E-state index contributed by atoms with van der Waals surface area (Å²) in [6.45, 7) is 0.147. The second kappa shape index (κ2) is 14.3. The molecule has 1 aromatic carbocycles. The van der Waals surface area contributed by atoms with Crippen molar-refractivity contribution < 1.29 is 22.7 Å². The maximum absolute atomic E-state index is 13.1. The van der Waals surface area contributed by atoms with Crippen LogP contribution < -0.4 is 31.4 Å². The third-order valence-corrected chi connectivity index (χ3v) is 8.50. The minimum absolute atomic E-state index is 0.0594. The number of methoxy groups -OCH3 is 1. The van der Waals surface area contributed by atoms with Crippen LogP contribution >= 0.6 is 0 Å². The Kier molecular flexibility index (Phi) is 11.1. The summed E-state index contributed by atoms with van der Waals surface area (Å²) in [5.74, 6) is 8.30. The number of halogens is 3. The molecule has 0 spiro atoms. The number of nitrogens with one attached hydrogen (secondary N) is 2. The molecule has 0 saturated heterocycles. The molecule has 1 amide bonds. The molecule has 8 nitrogen and oxygen atoms in total. The molecule has 3 aliphatic carbocycles. The molecule has 2 bridgehead atoms. The minimum atomic E-state index is -4.34. The third-order valence-electron chi connectivity index (χ3n) is 6.73. The standard InChI is InChI=1S/C20H18F3N5O2Se.C7H12.CH5N/c1-25-18(29)12-5-6-14(16(11-12)30-2)26-7-3-4-13-10-15-17(24)27-8-9-28(15)19(13)31-20(21,22)23;1-2-6-4-7(3-1)5-6;1-2/h5-6,8-11,26H,7H2,1-2H3,(H2,24,27)(H,25,29);6-7H,1-5H2;2H2,1H3. The first-order chi connectivity index (χ1) is 19.2. The van der Waals surface area contributed by atoms with E-state index in [1.54, 1.807) is 43.9 Å². The Morgan fingerprint density at radius 3 is 2.48 bits per heavy atom. The monoisotopic (exact) mass is 624 g/mol. The number of rotatable bonds is 5. The number of hydrogen-bond donors (Lipinski definition) is 4. The number of benzene rings is 1. The number of nitrogen functional groups attached to an aromatic ring is 1. The van der Waals surface area contributed by atoms with Gasteiger partial charge in [-0.25, -0.2) is 0 Å².